The fourth-order valence-electron chi connectivity index (χ4n) is 3.20. The van der Waals surface area contributed by atoms with E-state index in [9.17, 15) is 4.79 Å². The highest BCUT2D eigenvalue weighted by Gasteiger charge is 2.40. The van der Waals surface area contributed by atoms with Gasteiger partial charge < -0.3 is 5.32 Å². The van der Waals surface area contributed by atoms with Crippen LogP contribution in [0.1, 0.15) is 64.7 Å². The van der Waals surface area contributed by atoms with Crippen LogP contribution in [0.25, 0.3) is 0 Å². The SMILES string of the molecule is CCC1(C(=O)NC2CCCC2)CCCC1. The first-order chi connectivity index (χ1) is 7.27. The quantitative estimate of drug-likeness (QED) is 0.760. The molecule has 2 aliphatic carbocycles. The maximum Gasteiger partial charge on any atom is 0.226 e. The summed E-state index contributed by atoms with van der Waals surface area (Å²) >= 11 is 0. The number of hydrogen-bond donors (Lipinski definition) is 1. The van der Waals surface area contributed by atoms with Gasteiger partial charge in [-0.05, 0) is 32.1 Å². The fourth-order valence-corrected chi connectivity index (χ4v) is 3.20. The monoisotopic (exact) mass is 209 g/mol. The molecule has 0 atom stereocenters. The van der Waals surface area contributed by atoms with Crippen molar-refractivity contribution in [1.82, 2.24) is 5.32 Å². The molecule has 0 aromatic heterocycles. The lowest BCUT2D eigenvalue weighted by atomic mass is 9.82. The maximum atomic E-state index is 12.2. The summed E-state index contributed by atoms with van der Waals surface area (Å²) in [6.45, 7) is 2.17. The van der Waals surface area contributed by atoms with Crippen molar-refractivity contribution in [1.29, 1.82) is 0 Å². The summed E-state index contributed by atoms with van der Waals surface area (Å²) in [4.78, 5) is 12.2. The van der Waals surface area contributed by atoms with E-state index in [1.54, 1.807) is 0 Å². The third-order valence-corrected chi connectivity index (χ3v) is 4.41. The molecule has 0 aliphatic heterocycles. The summed E-state index contributed by atoms with van der Waals surface area (Å²) in [7, 11) is 0. The molecular weight excluding hydrogens is 186 g/mol. The molecule has 0 aromatic carbocycles. The Hall–Kier alpha value is -0.530. The second-order valence-electron chi connectivity index (χ2n) is 5.30. The summed E-state index contributed by atoms with van der Waals surface area (Å²) < 4.78 is 0. The summed E-state index contributed by atoms with van der Waals surface area (Å²) in [6.07, 6.45) is 10.7. The molecule has 0 bridgehead atoms. The highest BCUT2D eigenvalue weighted by Crippen LogP contribution is 2.41. The van der Waals surface area contributed by atoms with Crippen LogP contribution in [0.4, 0.5) is 0 Å². The van der Waals surface area contributed by atoms with Crippen molar-refractivity contribution in [2.75, 3.05) is 0 Å². The molecule has 1 amide bonds. The fraction of sp³-hybridized carbons (Fsp3) is 0.923. The predicted octanol–water partition coefficient (Wildman–Crippen LogP) is 3.02. The molecule has 2 heteroatoms. The van der Waals surface area contributed by atoms with Crippen LogP contribution in [0.2, 0.25) is 0 Å². The lowest BCUT2D eigenvalue weighted by molar-refractivity contribution is -0.131. The third-order valence-electron chi connectivity index (χ3n) is 4.41. The number of nitrogens with one attached hydrogen (secondary N) is 1. The van der Waals surface area contributed by atoms with E-state index in [2.05, 4.69) is 12.2 Å². The van der Waals surface area contributed by atoms with Crippen molar-refractivity contribution in [3.8, 4) is 0 Å². The first kappa shape index (κ1) is 11.0. The van der Waals surface area contributed by atoms with Gasteiger partial charge in [0.05, 0.1) is 0 Å². The van der Waals surface area contributed by atoms with Crippen molar-refractivity contribution in [2.45, 2.75) is 70.8 Å². The average Bonchev–Trinajstić information content (AvgIpc) is 2.87. The van der Waals surface area contributed by atoms with Gasteiger partial charge in [-0.3, -0.25) is 4.79 Å². The molecular formula is C13H23NO. The van der Waals surface area contributed by atoms with Crippen molar-refractivity contribution in [2.24, 2.45) is 5.41 Å². The third kappa shape index (κ3) is 2.19. The zero-order chi connectivity index (χ0) is 10.7. The van der Waals surface area contributed by atoms with Crippen LogP contribution in [0.3, 0.4) is 0 Å². The van der Waals surface area contributed by atoms with Crippen molar-refractivity contribution < 1.29 is 4.79 Å². The van der Waals surface area contributed by atoms with Crippen LogP contribution in [0.5, 0.6) is 0 Å². The summed E-state index contributed by atoms with van der Waals surface area (Å²) in [5.74, 6) is 0.356. The van der Waals surface area contributed by atoms with Crippen LogP contribution in [0, 0.1) is 5.41 Å². The number of hydrogen-bond acceptors (Lipinski definition) is 1. The van der Waals surface area contributed by atoms with Gasteiger partial charge in [0.25, 0.3) is 0 Å². The Balaban J connectivity index is 1.92. The zero-order valence-corrected chi connectivity index (χ0v) is 9.85. The molecule has 0 aromatic rings. The van der Waals surface area contributed by atoms with Crippen LogP contribution in [-0.4, -0.2) is 11.9 Å². The lowest BCUT2D eigenvalue weighted by Gasteiger charge is -2.28. The van der Waals surface area contributed by atoms with E-state index < -0.39 is 0 Å². The van der Waals surface area contributed by atoms with Crippen LogP contribution < -0.4 is 5.32 Å². The normalized spacial score (nSPS) is 25.7. The Morgan fingerprint density at radius 1 is 1.20 bits per heavy atom. The highest BCUT2D eigenvalue weighted by molar-refractivity contribution is 5.83. The number of carbonyl (C=O) groups excluding carboxylic acids is 1. The molecule has 15 heavy (non-hydrogen) atoms. The molecule has 2 fully saturated rings. The standard InChI is InChI=1S/C13H23NO/c1-2-13(9-5-6-10-13)12(15)14-11-7-3-4-8-11/h11H,2-10H2,1H3,(H,14,15). The molecule has 2 rings (SSSR count). The molecule has 2 saturated carbocycles. The van der Waals surface area contributed by atoms with Crippen molar-refractivity contribution >= 4 is 5.91 Å². The molecule has 86 valence electrons. The second-order valence-corrected chi connectivity index (χ2v) is 5.30. The van der Waals surface area contributed by atoms with Crippen molar-refractivity contribution in [3.63, 3.8) is 0 Å². The molecule has 0 radical (unpaired) electrons. The largest absolute Gasteiger partial charge is 0.353 e. The van der Waals surface area contributed by atoms with Gasteiger partial charge in [0.15, 0.2) is 0 Å². The Kier molecular flexibility index (Phi) is 3.32. The minimum Gasteiger partial charge on any atom is -0.353 e. The van der Waals surface area contributed by atoms with Gasteiger partial charge in [-0.15, -0.1) is 0 Å². The Labute approximate surface area is 92.8 Å². The smallest absolute Gasteiger partial charge is 0.226 e. The topological polar surface area (TPSA) is 29.1 Å². The van der Waals surface area contributed by atoms with Gasteiger partial charge in [0, 0.05) is 11.5 Å². The molecule has 2 nitrogen and oxygen atoms in total. The average molecular weight is 209 g/mol. The van der Waals surface area contributed by atoms with Crippen molar-refractivity contribution in [3.05, 3.63) is 0 Å². The Bertz CT molecular complexity index is 225. The van der Waals surface area contributed by atoms with Crippen LogP contribution in [-0.2, 0) is 4.79 Å². The summed E-state index contributed by atoms with van der Waals surface area (Å²) in [5, 5.41) is 3.27. The Morgan fingerprint density at radius 3 is 2.33 bits per heavy atom. The van der Waals surface area contributed by atoms with Gasteiger partial charge >= 0.3 is 0 Å². The predicted molar refractivity (Wildman–Crippen MR) is 61.6 cm³/mol. The van der Waals surface area contributed by atoms with Gasteiger partial charge in [-0.1, -0.05) is 32.6 Å². The highest BCUT2D eigenvalue weighted by atomic mass is 16.2. The molecule has 0 spiro atoms. The molecule has 1 N–H and O–H groups in total. The van der Waals surface area contributed by atoms with E-state index in [1.165, 1.54) is 38.5 Å². The molecule has 0 unspecified atom stereocenters. The van der Waals surface area contributed by atoms with Gasteiger partial charge in [-0.2, -0.15) is 0 Å². The minimum absolute atomic E-state index is 0.00257. The summed E-state index contributed by atoms with van der Waals surface area (Å²) in [5.41, 5.74) is 0.00257. The maximum absolute atomic E-state index is 12.2. The Morgan fingerprint density at radius 2 is 1.80 bits per heavy atom. The second kappa shape index (κ2) is 4.54. The molecule has 0 heterocycles. The summed E-state index contributed by atoms with van der Waals surface area (Å²) in [6, 6.07) is 0.488. The van der Waals surface area contributed by atoms with Gasteiger partial charge in [0.2, 0.25) is 5.91 Å². The van der Waals surface area contributed by atoms with E-state index in [4.69, 9.17) is 0 Å². The molecule has 2 aliphatic rings. The zero-order valence-electron chi connectivity index (χ0n) is 9.85. The lowest BCUT2D eigenvalue weighted by Crippen LogP contribution is -2.43. The van der Waals surface area contributed by atoms with Crippen LogP contribution in [0.15, 0.2) is 0 Å². The first-order valence-electron chi connectivity index (χ1n) is 6.58. The number of rotatable bonds is 3. The van der Waals surface area contributed by atoms with Crippen LogP contribution >= 0.6 is 0 Å². The van der Waals surface area contributed by atoms with E-state index in [0.29, 0.717) is 11.9 Å². The van der Waals surface area contributed by atoms with E-state index in [0.717, 1.165) is 19.3 Å². The first-order valence-corrected chi connectivity index (χ1v) is 6.58. The number of carbonyl (C=O) groups is 1. The van der Waals surface area contributed by atoms with E-state index in [1.807, 2.05) is 0 Å². The van der Waals surface area contributed by atoms with E-state index >= 15 is 0 Å². The van der Waals surface area contributed by atoms with Gasteiger partial charge in [-0.25, -0.2) is 0 Å². The number of amides is 1. The van der Waals surface area contributed by atoms with Gasteiger partial charge in [0.1, 0.15) is 0 Å². The molecule has 0 saturated heterocycles. The van der Waals surface area contributed by atoms with E-state index in [-0.39, 0.29) is 5.41 Å². The minimum atomic E-state index is 0.00257.